The molecular weight excluding hydrogens is 271 g/mol. The molecule has 1 saturated heterocycles. The van der Waals surface area contributed by atoms with Gasteiger partial charge in [-0.3, -0.25) is 0 Å². The molecule has 0 amide bonds. The standard InChI is InChI=1S/C13H17ClN2O.ClH/c1-10(13-3-2-8-15-13)17-16-9-11-4-6-12(14)7-5-11;/h4-7,9-10,13,15H,2-3,8H2,1H3;1H/b16-9+;. The zero-order valence-electron chi connectivity index (χ0n) is 10.3. The molecule has 2 rings (SSSR count). The number of nitrogens with zero attached hydrogens (tertiary/aromatic N) is 1. The molecule has 1 fully saturated rings. The SMILES string of the molecule is CC(O/N=C/c1ccc(Cl)cc1)C1CCCN1.Cl. The number of halogens is 2. The van der Waals surface area contributed by atoms with Crippen molar-refractivity contribution in [2.24, 2.45) is 5.16 Å². The van der Waals surface area contributed by atoms with Crippen LogP contribution in [0.25, 0.3) is 0 Å². The molecule has 18 heavy (non-hydrogen) atoms. The van der Waals surface area contributed by atoms with Crippen molar-refractivity contribution in [3.05, 3.63) is 34.9 Å². The summed E-state index contributed by atoms with van der Waals surface area (Å²) in [5, 5.41) is 8.13. The third-order valence-corrected chi connectivity index (χ3v) is 3.22. The Kier molecular flexibility index (Phi) is 6.47. The molecule has 1 aliphatic heterocycles. The summed E-state index contributed by atoms with van der Waals surface area (Å²) >= 11 is 5.80. The maximum Gasteiger partial charge on any atom is 0.139 e. The Balaban J connectivity index is 0.00000162. The van der Waals surface area contributed by atoms with Gasteiger partial charge in [0.2, 0.25) is 0 Å². The highest BCUT2D eigenvalue weighted by Crippen LogP contribution is 2.12. The number of hydrogen-bond donors (Lipinski definition) is 1. The highest BCUT2D eigenvalue weighted by Gasteiger charge is 2.21. The van der Waals surface area contributed by atoms with Gasteiger partial charge in [0.05, 0.1) is 6.21 Å². The minimum atomic E-state index is 0. The first-order chi connectivity index (χ1) is 8.25. The lowest BCUT2D eigenvalue weighted by Gasteiger charge is -2.16. The summed E-state index contributed by atoms with van der Waals surface area (Å²) in [6, 6.07) is 7.93. The van der Waals surface area contributed by atoms with E-state index in [1.807, 2.05) is 31.2 Å². The van der Waals surface area contributed by atoms with Crippen LogP contribution in [0.3, 0.4) is 0 Å². The molecule has 1 heterocycles. The van der Waals surface area contributed by atoms with Crippen molar-refractivity contribution < 1.29 is 4.84 Å². The minimum Gasteiger partial charge on any atom is -0.391 e. The van der Waals surface area contributed by atoms with Crippen LogP contribution < -0.4 is 5.32 Å². The molecule has 2 unspecified atom stereocenters. The largest absolute Gasteiger partial charge is 0.391 e. The Morgan fingerprint density at radius 3 is 2.78 bits per heavy atom. The molecule has 100 valence electrons. The molecule has 0 radical (unpaired) electrons. The van der Waals surface area contributed by atoms with Gasteiger partial charge in [-0.2, -0.15) is 0 Å². The van der Waals surface area contributed by atoms with Crippen LogP contribution in [0.4, 0.5) is 0 Å². The number of nitrogens with one attached hydrogen (secondary N) is 1. The Hall–Kier alpha value is -0.770. The van der Waals surface area contributed by atoms with Gasteiger partial charge in [0, 0.05) is 11.1 Å². The maximum atomic E-state index is 5.80. The smallest absolute Gasteiger partial charge is 0.139 e. The fourth-order valence-electron chi connectivity index (χ4n) is 1.92. The van der Waals surface area contributed by atoms with Crippen LogP contribution >= 0.6 is 24.0 Å². The molecule has 0 bridgehead atoms. The minimum absolute atomic E-state index is 0. The van der Waals surface area contributed by atoms with Gasteiger partial charge in [0.15, 0.2) is 0 Å². The summed E-state index contributed by atoms with van der Waals surface area (Å²) in [5.74, 6) is 0. The van der Waals surface area contributed by atoms with Gasteiger partial charge in [-0.05, 0) is 44.0 Å². The Morgan fingerprint density at radius 1 is 1.44 bits per heavy atom. The van der Waals surface area contributed by atoms with Gasteiger partial charge in [0.1, 0.15) is 6.10 Å². The van der Waals surface area contributed by atoms with E-state index in [-0.39, 0.29) is 18.5 Å². The van der Waals surface area contributed by atoms with Crippen LogP contribution in [0.15, 0.2) is 29.4 Å². The third-order valence-electron chi connectivity index (χ3n) is 2.96. The molecule has 1 aromatic rings. The molecule has 0 aromatic heterocycles. The fraction of sp³-hybridized carbons (Fsp3) is 0.462. The van der Waals surface area contributed by atoms with Crippen molar-refractivity contribution in [2.75, 3.05) is 6.54 Å². The average molecular weight is 289 g/mol. The molecular formula is C13H18Cl2N2O. The summed E-state index contributed by atoms with van der Waals surface area (Å²) in [4.78, 5) is 5.43. The molecule has 1 aliphatic rings. The van der Waals surface area contributed by atoms with Gasteiger partial charge < -0.3 is 10.2 Å². The van der Waals surface area contributed by atoms with E-state index in [0.29, 0.717) is 6.04 Å². The normalized spacial score (nSPS) is 20.7. The molecule has 1 aromatic carbocycles. The first kappa shape index (κ1) is 15.3. The van der Waals surface area contributed by atoms with Crippen LogP contribution in [0.2, 0.25) is 5.02 Å². The number of rotatable bonds is 4. The zero-order valence-corrected chi connectivity index (χ0v) is 11.9. The molecule has 1 N–H and O–H groups in total. The van der Waals surface area contributed by atoms with Gasteiger partial charge in [-0.15, -0.1) is 12.4 Å². The highest BCUT2D eigenvalue weighted by molar-refractivity contribution is 6.30. The van der Waals surface area contributed by atoms with Crippen molar-refractivity contribution in [2.45, 2.75) is 31.9 Å². The van der Waals surface area contributed by atoms with E-state index < -0.39 is 0 Å². The second-order valence-electron chi connectivity index (χ2n) is 4.30. The number of hydrogen-bond acceptors (Lipinski definition) is 3. The van der Waals surface area contributed by atoms with E-state index in [4.69, 9.17) is 16.4 Å². The van der Waals surface area contributed by atoms with Gasteiger partial charge in [0.25, 0.3) is 0 Å². The van der Waals surface area contributed by atoms with Crippen LogP contribution in [0, 0.1) is 0 Å². The monoisotopic (exact) mass is 288 g/mol. The molecule has 5 heteroatoms. The molecule has 3 nitrogen and oxygen atoms in total. The maximum absolute atomic E-state index is 5.80. The fourth-order valence-corrected chi connectivity index (χ4v) is 2.05. The Labute approximate surface area is 119 Å². The van der Waals surface area contributed by atoms with Crippen molar-refractivity contribution in [3.8, 4) is 0 Å². The van der Waals surface area contributed by atoms with E-state index in [1.165, 1.54) is 6.42 Å². The van der Waals surface area contributed by atoms with Crippen molar-refractivity contribution in [1.29, 1.82) is 0 Å². The van der Waals surface area contributed by atoms with Gasteiger partial charge in [-0.25, -0.2) is 0 Å². The predicted molar refractivity (Wildman–Crippen MR) is 77.9 cm³/mol. The Morgan fingerprint density at radius 2 is 2.17 bits per heavy atom. The van der Waals surface area contributed by atoms with E-state index >= 15 is 0 Å². The van der Waals surface area contributed by atoms with Crippen molar-refractivity contribution in [1.82, 2.24) is 5.32 Å². The topological polar surface area (TPSA) is 33.6 Å². The summed E-state index contributed by atoms with van der Waals surface area (Å²) in [6.45, 7) is 3.13. The third kappa shape index (κ3) is 4.48. The zero-order chi connectivity index (χ0) is 12.1. The molecule has 0 aliphatic carbocycles. The first-order valence-corrected chi connectivity index (χ1v) is 6.31. The second kappa shape index (κ2) is 7.62. The summed E-state index contributed by atoms with van der Waals surface area (Å²) in [5.41, 5.74) is 0.987. The van der Waals surface area contributed by atoms with E-state index in [9.17, 15) is 0 Å². The van der Waals surface area contributed by atoms with E-state index in [0.717, 1.165) is 23.6 Å². The van der Waals surface area contributed by atoms with Crippen LogP contribution in [0.1, 0.15) is 25.3 Å². The van der Waals surface area contributed by atoms with Crippen LogP contribution in [-0.2, 0) is 4.84 Å². The summed E-state index contributed by atoms with van der Waals surface area (Å²) in [7, 11) is 0. The van der Waals surface area contributed by atoms with Crippen molar-refractivity contribution in [3.63, 3.8) is 0 Å². The van der Waals surface area contributed by atoms with E-state index in [1.54, 1.807) is 6.21 Å². The summed E-state index contributed by atoms with van der Waals surface area (Å²) in [6.07, 6.45) is 4.21. The average Bonchev–Trinajstić information content (AvgIpc) is 2.85. The second-order valence-corrected chi connectivity index (χ2v) is 4.74. The lowest BCUT2D eigenvalue weighted by atomic mass is 10.1. The molecule has 2 atom stereocenters. The predicted octanol–water partition coefficient (Wildman–Crippen LogP) is 3.25. The van der Waals surface area contributed by atoms with Gasteiger partial charge in [-0.1, -0.05) is 28.9 Å². The van der Waals surface area contributed by atoms with Crippen LogP contribution in [-0.4, -0.2) is 24.9 Å². The lowest BCUT2D eigenvalue weighted by molar-refractivity contribution is 0.0499. The van der Waals surface area contributed by atoms with Gasteiger partial charge >= 0.3 is 0 Å². The highest BCUT2D eigenvalue weighted by atomic mass is 35.5. The van der Waals surface area contributed by atoms with E-state index in [2.05, 4.69) is 10.5 Å². The lowest BCUT2D eigenvalue weighted by Crippen LogP contribution is -2.33. The summed E-state index contributed by atoms with van der Waals surface area (Å²) < 4.78 is 0. The first-order valence-electron chi connectivity index (χ1n) is 5.94. The van der Waals surface area contributed by atoms with Crippen molar-refractivity contribution >= 4 is 30.2 Å². The molecule has 0 saturated carbocycles. The number of oxime groups is 1. The van der Waals surface area contributed by atoms with Crippen LogP contribution in [0.5, 0.6) is 0 Å². The quantitative estimate of drug-likeness (QED) is 0.682. The molecule has 0 spiro atoms. The number of benzene rings is 1. The Bertz CT molecular complexity index is 375.